The Labute approximate surface area is 186 Å². The third-order valence-electron chi connectivity index (χ3n) is 5.31. The molecule has 1 aliphatic rings. The molecule has 0 saturated carbocycles. The second kappa shape index (κ2) is 8.64. The first kappa shape index (κ1) is 23.0. The van der Waals surface area contributed by atoms with Gasteiger partial charge in [-0.1, -0.05) is 30.3 Å². The van der Waals surface area contributed by atoms with E-state index in [4.69, 9.17) is 4.74 Å². The van der Waals surface area contributed by atoms with E-state index in [1.807, 2.05) is 0 Å². The lowest BCUT2D eigenvalue weighted by atomic mass is 9.88. The monoisotopic (exact) mass is 482 g/mol. The van der Waals surface area contributed by atoms with Gasteiger partial charge in [-0.25, -0.2) is 4.39 Å². The Morgan fingerprint density at radius 1 is 1.12 bits per heavy atom. The van der Waals surface area contributed by atoms with Crippen molar-refractivity contribution in [3.63, 3.8) is 0 Å². The maximum atomic E-state index is 13.9. The molecule has 2 heterocycles. The van der Waals surface area contributed by atoms with E-state index in [9.17, 15) is 31.1 Å². The van der Waals surface area contributed by atoms with Crippen LogP contribution in [0.15, 0.2) is 60.8 Å². The molecule has 0 bridgehead atoms. The molecule has 4 rings (SSSR count). The maximum Gasteiger partial charge on any atom is 0.516 e. The van der Waals surface area contributed by atoms with Gasteiger partial charge in [0.25, 0.3) is 0 Å². The molecule has 6 nitrogen and oxygen atoms in total. The summed E-state index contributed by atoms with van der Waals surface area (Å²) in [6, 6.07) is 13.0. The van der Waals surface area contributed by atoms with E-state index in [1.165, 1.54) is 48.7 Å². The van der Waals surface area contributed by atoms with Crippen LogP contribution in [0.4, 0.5) is 23.2 Å². The number of hydrogen-bond donors (Lipinski definition) is 2. The van der Waals surface area contributed by atoms with E-state index in [0.29, 0.717) is 16.9 Å². The summed E-state index contributed by atoms with van der Waals surface area (Å²) in [5.74, 6) is -0.645. The van der Waals surface area contributed by atoms with Crippen LogP contribution in [0.25, 0.3) is 11.1 Å². The summed E-state index contributed by atoms with van der Waals surface area (Å²) in [4.78, 5) is 3.99. The third kappa shape index (κ3) is 4.64. The topological polar surface area (TPSA) is 88.5 Å². The number of para-hydroxylation sites is 1. The fourth-order valence-electron chi connectivity index (χ4n) is 3.63. The standard InChI is InChI=1S/C22H18F4N2O4S/c23-17-5-3-9-27-19(17)10-14-12-32-20-11-13(7-8-16(20)21(14)29)15-4-1-2-6-18(15)28-33(30,31)22(24,25)26/h1-9,11,14,21,28-29H,10,12H2. The minimum absolute atomic E-state index is 0.0655. The molecule has 2 aromatic carbocycles. The summed E-state index contributed by atoms with van der Waals surface area (Å²) in [6.45, 7) is 0.0655. The molecular weight excluding hydrogens is 464 g/mol. The quantitative estimate of drug-likeness (QED) is 0.526. The number of alkyl halides is 3. The fourth-order valence-corrected chi connectivity index (χ4v) is 4.21. The number of fused-ring (bicyclic) bond motifs is 1. The summed E-state index contributed by atoms with van der Waals surface area (Å²) in [5, 5.41) is 10.8. The number of pyridine rings is 1. The van der Waals surface area contributed by atoms with Crippen LogP contribution in [0.2, 0.25) is 0 Å². The van der Waals surface area contributed by atoms with Gasteiger partial charge >= 0.3 is 15.5 Å². The number of aromatic nitrogens is 1. The minimum atomic E-state index is -5.61. The Hall–Kier alpha value is -3.18. The highest BCUT2D eigenvalue weighted by Crippen LogP contribution is 2.41. The van der Waals surface area contributed by atoms with Crippen LogP contribution in [0.5, 0.6) is 5.75 Å². The molecule has 174 valence electrons. The summed E-state index contributed by atoms with van der Waals surface area (Å²) in [7, 11) is -5.61. The average molecular weight is 482 g/mol. The zero-order valence-corrected chi connectivity index (χ0v) is 17.7. The molecule has 0 saturated heterocycles. The summed E-state index contributed by atoms with van der Waals surface area (Å²) in [6.07, 6.45) is 0.624. The van der Waals surface area contributed by atoms with E-state index in [1.54, 1.807) is 16.9 Å². The summed E-state index contributed by atoms with van der Waals surface area (Å²) in [5.41, 5.74) is -4.50. The molecule has 1 aromatic heterocycles. The van der Waals surface area contributed by atoms with Gasteiger partial charge in [-0.15, -0.1) is 0 Å². The number of aliphatic hydroxyl groups is 1. The highest BCUT2D eigenvalue weighted by molar-refractivity contribution is 7.93. The predicted molar refractivity (Wildman–Crippen MR) is 112 cm³/mol. The largest absolute Gasteiger partial charge is 0.516 e. The van der Waals surface area contributed by atoms with Crippen LogP contribution in [-0.4, -0.2) is 30.6 Å². The number of aliphatic hydroxyl groups excluding tert-OH is 1. The van der Waals surface area contributed by atoms with E-state index >= 15 is 0 Å². The molecule has 0 aliphatic carbocycles. The number of anilines is 1. The molecule has 0 fully saturated rings. The van der Waals surface area contributed by atoms with Crippen molar-refractivity contribution in [2.45, 2.75) is 18.0 Å². The fraction of sp³-hybridized carbons (Fsp3) is 0.227. The van der Waals surface area contributed by atoms with Crippen molar-refractivity contribution in [2.75, 3.05) is 11.3 Å². The SMILES string of the molecule is O=S(=O)(Nc1ccccc1-c1ccc2c(c1)OCC(Cc1ncccc1F)C2O)C(F)(F)F. The summed E-state index contributed by atoms with van der Waals surface area (Å²) < 4.78 is 82.8. The maximum absolute atomic E-state index is 13.9. The first-order valence-electron chi connectivity index (χ1n) is 9.79. The second-order valence-electron chi connectivity index (χ2n) is 7.50. The predicted octanol–water partition coefficient (Wildman–Crippen LogP) is 4.43. The van der Waals surface area contributed by atoms with Gasteiger partial charge in [0.15, 0.2) is 0 Å². The lowest BCUT2D eigenvalue weighted by Crippen LogP contribution is -2.30. The number of nitrogens with zero attached hydrogens (tertiary/aromatic N) is 1. The first-order chi connectivity index (χ1) is 15.6. The van der Waals surface area contributed by atoms with Gasteiger partial charge in [0.05, 0.1) is 24.1 Å². The van der Waals surface area contributed by atoms with Gasteiger partial charge < -0.3 is 9.84 Å². The van der Waals surface area contributed by atoms with Crippen molar-refractivity contribution in [1.29, 1.82) is 0 Å². The third-order valence-corrected chi connectivity index (χ3v) is 6.41. The molecule has 11 heteroatoms. The summed E-state index contributed by atoms with van der Waals surface area (Å²) >= 11 is 0. The molecule has 33 heavy (non-hydrogen) atoms. The Morgan fingerprint density at radius 2 is 1.88 bits per heavy atom. The smallest absolute Gasteiger partial charge is 0.493 e. The number of benzene rings is 2. The Bertz CT molecular complexity index is 1280. The van der Waals surface area contributed by atoms with E-state index in [0.717, 1.165) is 0 Å². The normalized spacial score (nSPS) is 18.3. The molecule has 0 spiro atoms. The molecule has 0 radical (unpaired) electrons. The van der Waals surface area contributed by atoms with Gasteiger partial charge in [-0.05, 0) is 29.8 Å². The Morgan fingerprint density at radius 3 is 2.61 bits per heavy atom. The molecule has 1 aliphatic heterocycles. The van der Waals surface area contributed by atoms with Crippen molar-refractivity contribution >= 4 is 15.7 Å². The van der Waals surface area contributed by atoms with Gasteiger partial charge in [-0.2, -0.15) is 21.6 Å². The molecule has 0 amide bonds. The Balaban J connectivity index is 1.61. The van der Waals surface area contributed by atoms with Crippen LogP contribution < -0.4 is 9.46 Å². The van der Waals surface area contributed by atoms with Gasteiger partial charge in [-0.3, -0.25) is 9.71 Å². The molecule has 2 atom stereocenters. The molecular formula is C22H18F4N2O4S. The van der Waals surface area contributed by atoms with Crippen molar-refractivity contribution in [3.8, 4) is 16.9 Å². The van der Waals surface area contributed by atoms with Gasteiger partial charge in [0.1, 0.15) is 11.6 Å². The van der Waals surface area contributed by atoms with Crippen LogP contribution in [0, 0.1) is 11.7 Å². The minimum Gasteiger partial charge on any atom is -0.493 e. The highest BCUT2D eigenvalue weighted by atomic mass is 32.2. The van der Waals surface area contributed by atoms with Gasteiger partial charge in [0.2, 0.25) is 0 Å². The van der Waals surface area contributed by atoms with Crippen LogP contribution >= 0.6 is 0 Å². The number of ether oxygens (including phenoxy) is 1. The van der Waals surface area contributed by atoms with Crippen molar-refractivity contribution in [3.05, 3.63) is 77.9 Å². The first-order valence-corrected chi connectivity index (χ1v) is 11.3. The van der Waals surface area contributed by atoms with Crippen LogP contribution in [0.3, 0.4) is 0 Å². The van der Waals surface area contributed by atoms with Crippen LogP contribution in [-0.2, 0) is 16.4 Å². The van der Waals surface area contributed by atoms with Crippen LogP contribution in [0.1, 0.15) is 17.4 Å². The van der Waals surface area contributed by atoms with Crippen molar-refractivity contribution in [2.24, 2.45) is 5.92 Å². The lowest BCUT2D eigenvalue weighted by molar-refractivity contribution is -0.0429. The van der Waals surface area contributed by atoms with Crippen molar-refractivity contribution < 1.29 is 35.8 Å². The number of rotatable bonds is 5. The van der Waals surface area contributed by atoms with E-state index in [-0.39, 0.29) is 30.0 Å². The van der Waals surface area contributed by atoms with E-state index in [2.05, 4.69) is 4.98 Å². The second-order valence-corrected chi connectivity index (χ2v) is 9.18. The molecule has 2 unspecified atom stereocenters. The number of nitrogens with one attached hydrogen (secondary N) is 1. The number of halogens is 4. The molecule has 3 aromatic rings. The number of sulfonamides is 1. The highest BCUT2D eigenvalue weighted by Gasteiger charge is 2.46. The zero-order chi connectivity index (χ0) is 23.8. The molecule has 2 N–H and O–H groups in total. The lowest BCUT2D eigenvalue weighted by Gasteiger charge is -2.30. The Kier molecular flexibility index (Phi) is 6.02. The van der Waals surface area contributed by atoms with Crippen molar-refractivity contribution in [1.82, 2.24) is 4.98 Å². The zero-order valence-electron chi connectivity index (χ0n) is 16.9. The number of hydrogen-bond acceptors (Lipinski definition) is 5. The average Bonchev–Trinajstić information content (AvgIpc) is 2.76. The van der Waals surface area contributed by atoms with Gasteiger partial charge in [0, 0.05) is 29.7 Å². The van der Waals surface area contributed by atoms with E-state index < -0.39 is 33.4 Å².